The van der Waals surface area contributed by atoms with E-state index in [2.05, 4.69) is 32.7 Å². The highest BCUT2D eigenvalue weighted by Gasteiger charge is 2.23. The SMILES string of the molecule is CC(N)NC(=O)CN1CCN(C(=O)c2ccc(Nc3nccc(-c4ccc(SCCC(C)(C)O)cc4)n3)cc2)CC1. The highest BCUT2D eigenvalue weighted by molar-refractivity contribution is 7.99. The maximum absolute atomic E-state index is 13.0. The van der Waals surface area contributed by atoms with Gasteiger partial charge < -0.3 is 26.4 Å². The van der Waals surface area contributed by atoms with Gasteiger partial charge in [-0.3, -0.25) is 14.5 Å². The summed E-state index contributed by atoms with van der Waals surface area (Å²) in [5.41, 5.74) is 8.13. The van der Waals surface area contributed by atoms with Gasteiger partial charge in [-0.1, -0.05) is 12.1 Å². The minimum Gasteiger partial charge on any atom is -0.390 e. The fourth-order valence-corrected chi connectivity index (χ4v) is 5.51. The topological polar surface area (TPSA) is 137 Å². The second kappa shape index (κ2) is 13.9. The molecule has 1 unspecified atom stereocenters. The number of carbonyl (C=O) groups is 2. The molecule has 1 aliphatic heterocycles. The molecule has 3 aromatic rings. The Morgan fingerprint density at radius 1 is 1.05 bits per heavy atom. The van der Waals surface area contributed by atoms with Gasteiger partial charge in [0.1, 0.15) is 0 Å². The largest absolute Gasteiger partial charge is 0.390 e. The molecule has 1 saturated heterocycles. The number of aliphatic hydroxyl groups is 1. The van der Waals surface area contributed by atoms with E-state index in [4.69, 9.17) is 5.73 Å². The Morgan fingerprint density at radius 2 is 1.73 bits per heavy atom. The van der Waals surface area contributed by atoms with Crippen LogP contribution in [0.3, 0.4) is 0 Å². The molecule has 1 fully saturated rings. The van der Waals surface area contributed by atoms with Crippen molar-refractivity contribution in [2.24, 2.45) is 5.73 Å². The third-order valence-electron chi connectivity index (χ3n) is 6.59. The summed E-state index contributed by atoms with van der Waals surface area (Å²) in [6.45, 7) is 8.04. The lowest BCUT2D eigenvalue weighted by Gasteiger charge is -2.34. The van der Waals surface area contributed by atoms with Crippen molar-refractivity contribution in [3.8, 4) is 11.3 Å². The third-order valence-corrected chi connectivity index (χ3v) is 7.61. The van der Waals surface area contributed by atoms with Crippen molar-refractivity contribution in [1.29, 1.82) is 0 Å². The summed E-state index contributed by atoms with van der Waals surface area (Å²) < 4.78 is 0. The first-order valence-corrected chi connectivity index (χ1v) is 14.8. The van der Waals surface area contributed by atoms with Crippen molar-refractivity contribution in [3.05, 3.63) is 66.4 Å². The predicted octanol–water partition coefficient (Wildman–Crippen LogP) is 3.32. The molecule has 4 rings (SSSR count). The van der Waals surface area contributed by atoms with E-state index in [-0.39, 0.29) is 24.5 Å². The second-order valence-electron chi connectivity index (χ2n) is 10.8. The molecule has 1 aliphatic rings. The van der Waals surface area contributed by atoms with Crippen molar-refractivity contribution < 1.29 is 14.7 Å². The van der Waals surface area contributed by atoms with Crippen LogP contribution in [0.1, 0.15) is 37.6 Å². The zero-order chi connectivity index (χ0) is 29.4. The van der Waals surface area contributed by atoms with E-state index in [0.29, 0.717) is 37.7 Å². The molecule has 0 saturated carbocycles. The van der Waals surface area contributed by atoms with Crippen molar-refractivity contribution in [2.75, 3.05) is 43.8 Å². The Morgan fingerprint density at radius 3 is 2.37 bits per heavy atom. The number of anilines is 2. The number of amides is 2. The van der Waals surface area contributed by atoms with Crippen LogP contribution in [0, 0.1) is 0 Å². The first-order chi connectivity index (χ1) is 19.6. The molecular formula is C30H39N7O3S. The molecular weight excluding hydrogens is 538 g/mol. The van der Waals surface area contributed by atoms with Crippen LogP contribution in [-0.2, 0) is 4.79 Å². The van der Waals surface area contributed by atoms with Gasteiger partial charge >= 0.3 is 0 Å². The van der Waals surface area contributed by atoms with E-state index in [9.17, 15) is 14.7 Å². The van der Waals surface area contributed by atoms with Gasteiger partial charge in [0, 0.05) is 59.8 Å². The number of hydrogen-bond acceptors (Lipinski definition) is 9. The van der Waals surface area contributed by atoms with Gasteiger partial charge in [-0.05, 0) is 69.7 Å². The molecule has 0 bridgehead atoms. The van der Waals surface area contributed by atoms with Crippen LogP contribution in [0.5, 0.6) is 0 Å². The average Bonchev–Trinajstić information content (AvgIpc) is 2.93. The first kappa shape index (κ1) is 30.4. The molecule has 10 nitrogen and oxygen atoms in total. The van der Waals surface area contributed by atoms with E-state index < -0.39 is 5.60 Å². The minimum atomic E-state index is -0.658. The summed E-state index contributed by atoms with van der Waals surface area (Å²) >= 11 is 1.72. The smallest absolute Gasteiger partial charge is 0.253 e. The molecule has 1 aromatic heterocycles. The second-order valence-corrected chi connectivity index (χ2v) is 12.0. The van der Waals surface area contributed by atoms with Crippen LogP contribution < -0.4 is 16.4 Å². The molecule has 2 amide bonds. The zero-order valence-corrected chi connectivity index (χ0v) is 24.7. The van der Waals surface area contributed by atoms with Crippen LogP contribution in [0.15, 0.2) is 65.7 Å². The molecule has 0 spiro atoms. The monoisotopic (exact) mass is 577 g/mol. The van der Waals surface area contributed by atoms with E-state index in [1.807, 2.05) is 54.0 Å². The highest BCUT2D eigenvalue weighted by atomic mass is 32.2. The molecule has 41 heavy (non-hydrogen) atoms. The Balaban J connectivity index is 1.29. The van der Waals surface area contributed by atoms with Gasteiger partial charge in [0.15, 0.2) is 0 Å². The number of carbonyl (C=O) groups excluding carboxylic acids is 2. The van der Waals surface area contributed by atoms with Crippen molar-refractivity contribution >= 4 is 35.2 Å². The van der Waals surface area contributed by atoms with Crippen LogP contribution >= 0.6 is 11.8 Å². The van der Waals surface area contributed by atoms with Gasteiger partial charge in [0.25, 0.3) is 5.91 Å². The summed E-state index contributed by atoms with van der Waals surface area (Å²) in [7, 11) is 0. The highest BCUT2D eigenvalue weighted by Crippen LogP contribution is 2.26. The van der Waals surface area contributed by atoms with Gasteiger partial charge in [-0.25, -0.2) is 9.97 Å². The summed E-state index contributed by atoms with van der Waals surface area (Å²) in [5, 5.41) is 15.8. The van der Waals surface area contributed by atoms with Gasteiger partial charge in [-0.2, -0.15) is 0 Å². The summed E-state index contributed by atoms with van der Waals surface area (Å²) in [6.07, 6.45) is 2.06. The van der Waals surface area contributed by atoms with E-state index in [1.165, 1.54) is 0 Å². The molecule has 11 heteroatoms. The summed E-state index contributed by atoms with van der Waals surface area (Å²) in [6, 6.07) is 17.4. The number of nitrogens with two attached hydrogens (primary N) is 1. The third kappa shape index (κ3) is 9.53. The maximum atomic E-state index is 13.0. The summed E-state index contributed by atoms with van der Waals surface area (Å²) in [5.74, 6) is 1.18. The van der Waals surface area contributed by atoms with Gasteiger partial charge in [-0.15, -0.1) is 11.8 Å². The number of nitrogens with one attached hydrogen (secondary N) is 2. The van der Waals surface area contributed by atoms with Crippen LogP contribution in [0.4, 0.5) is 11.6 Å². The van der Waals surface area contributed by atoms with Crippen LogP contribution in [0.2, 0.25) is 0 Å². The first-order valence-electron chi connectivity index (χ1n) is 13.8. The molecule has 5 N–H and O–H groups in total. The lowest BCUT2D eigenvalue weighted by Crippen LogP contribution is -2.52. The lowest BCUT2D eigenvalue weighted by atomic mass is 10.1. The fraction of sp³-hybridized carbons (Fsp3) is 0.400. The quantitative estimate of drug-likeness (QED) is 0.200. The zero-order valence-electron chi connectivity index (χ0n) is 23.8. The minimum absolute atomic E-state index is 0.0313. The molecule has 2 aromatic carbocycles. The average molecular weight is 578 g/mol. The lowest BCUT2D eigenvalue weighted by molar-refractivity contribution is -0.123. The van der Waals surface area contributed by atoms with Crippen molar-refractivity contribution in [3.63, 3.8) is 0 Å². The van der Waals surface area contributed by atoms with Crippen LogP contribution in [0.25, 0.3) is 11.3 Å². The molecule has 2 heterocycles. The van der Waals surface area contributed by atoms with E-state index in [0.717, 1.165) is 34.0 Å². The predicted molar refractivity (Wildman–Crippen MR) is 163 cm³/mol. The normalized spacial score (nSPS) is 14.9. The Labute approximate surface area is 245 Å². The fourth-order valence-electron chi connectivity index (χ4n) is 4.34. The molecule has 0 aliphatic carbocycles. The maximum Gasteiger partial charge on any atom is 0.253 e. The number of benzene rings is 2. The number of hydrogen-bond donors (Lipinski definition) is 4. The number of aromatic nitrogens is 2. The van der Waals surface area contributed by atoms with Gasteiger partial charge in [0.2, 0.25) is 11.9 Å². The van der Waals surface area contributed by atoms with Gasteiger partial charge in [0.05, 0.1) is 24.0 Å². The molecule has 0 radical (unpaired) electrons. The standard InChI is InChI=1S/C30H39N7O3S/c1-21(31)33-27(38)20-36-15-17-37(18-16-36)28(39)23-4-8-24(9-5-23)34-29-32-14-12-26(35-29)22-6-10-25(11-7-22)41-19-13-30(2,3)40/h4-12,14,21,40H,13,15-20,31H2,1-3H3,(H,33,38)(H,32,34,35). The van der Waals surface area contributed by atoms with E-state index >= 15 is 0 Å². The molecule has 1 atom stereocenters. The van der Waals surface area contributed by atoms with Crippen LogP contribution in [-0.4, -0.2) is 86.9 Å². The van der Waals surface area contributed by atoms with Crippen molar-refractivity contribution in [2.45, 2.75) is 43.9 Å². The Kier molecular flexibility index (Phi) is 10.3. The Bertz CT molecular complexity index is 1300. The van der Waals surface area contributed by atoms with E-state index in [1.54, 1.807) is 37.0 Å². The summed E-state index contributed by atoms with van der Waals surface area (Å²) in [4.78, 5) is 39.0. The molecule has 218 valence electrons. The number of nitrogens with zero attached hydrogens (tertiary/aromatic N) is 4. The Hall–Kier alpha value is -3.51. The number of rotatable bonds is 11. The number of thioether (sulfide) groups is 1. The number of piperazine rings is 1. The van der Waals surface area contributed by atoms with Crippen molar-refractivity contribution in [1.82, 2.24) is 25.1 Å².